The van der Waals surface area contributed by atoms with E-state index in [0.717, 1.165) is 0 Å². The van der Waals surface area contributed by atoms with Gasteiger partial charge >= 0.3 is 11.9 Å². The molecule has 0 spiro atoms. The predicted molar refractivity (Wildman–Crippen MR) is 127 cm³/mol. The number of hydrogen-bond acceptors (Lipinski definition) is 3. The van der Waals surface area contributed by atoms with Crippen molar-refractivity contribution in [2.24, 2.45) is 0 Å². The number of hydrogen-bond donors (Lipinski definition) is 2. The highest BCUT2D eigenvalue weighted by Gasteiger charge is 2.27. The molecule has 1 heterocycles. The maximum absolute atomic E-state index is 9.10. The Kier molecular flexibility index (Phi) is 10.5. The fraction of sp³-hybridized carbons (Fsp3) is 0.440. The maximum atomic E-state index is 9.10. The van der Waals surface area contributed by atoms with E-state index in [4.69, 9.17) is 19.8 Å². The first-order valence-corrected chi connectivity index (χ1v) is 14.3. The van der Waals surface area contributed by atoms with Gasteiger partial charge < -0.3 is 15.1 Å². The normalized spacial score (nSPS) is 14.4. The summed E-state index contributed by atoms with van der Waals surface area (Å²) in [6, 6.07) is 26.4. The van der Waals surface area contributed by atoms with Crippen LogP contribution in [0.2, 0.25) is 12.6 Å². The maximum Gasteiger partial charge on any atom is 0.414 e. The van der Waals surface area contributed by atoms with Crippen LogP contribution in [0.15, 0.2) is 60.7 Å². The second-order valence-corrected chi connectivity index (χ2v) is 13.6. The predicted octanol–water partition coefficient (Wildman–Crippen LogP) is 4.66. The van der Waals surface area contributed by atoms with Crippen LogP contribution >= 0.6 is 0 Å². The van der Waals surface area contributed by atoms with Gasteiger partial charge in [-0.2, -0.15) is 0 Å². The molecule has 2 aromatic rings. The molecule has 1 fully saturated rings. The molecule has 31 heavy (non-hydrogen) atoms. The SMILES string of the molecule is C[Si](CCCN1CCCCC1)(Cc1ccccc1)Cc1ccccc1.O=C(O)C(=O)O. The molecule has 5 nitrogen and oxygen atoms in total. The number of carbonyl (C=O) groups is 2. The topological polar surface area (TPSA) is 77.8 Å². The van der Waals surface area contributed by atoms with E-state index in [-0.39, 0.29) is 0 Å². The van der Waals surface area contributed by atoms with Crippen LogP contribution in [-0.4, -0.2) is 54.8 Å². The van der Waals surface area contributed by atoms with E-state index in [1.54, 1.807) is 0 Å². The van der Waals surface area contributed by atoms with Gasteiger partial charge in [0.05, 0.1) is 8.07 Å². The first kappa shape index (κ1) is 24.8. The summed E-state index contributed by atoms with van der Waals surface area (Å²) in [5.41, 5.74) is 3.07. The highest BCUT2D eigenvalue weighted by molar-refractivity contribution is 6.77. The van der Waals surface area contributed by atoms with E-state index in [1.165, 1.54) is 74.6 Å². The summed E-state index contributed by atoms with van der Waals surface area (Å²) < 4.78 is 0. The Morgan fingerprint density at radius 3 is 1.68 bits per heavy atom. The van der Waals surface area contributed by atoms with Crippen molar-refractivity contribution in [1.82, 2.24) is 4.90 Å². The van der Waals surface area contributed by atoms with Crippen LogP contribution in [0.3, 0.4) is 0 Å². The molecule has 0 aliphatic carbocycles. The highest BCUT2D eigenvalue weighted by Crippen LogP contribution is 2.24. The summed E-state index contributed by atoms with van der Waals surface area (Å²) in [5, 5.41) is 14.8. The first-order chi connectivity index (χ1) is 14.9. The molecule has 2 N–H and O–H groups in total. The molecule has 3 rings (SSSR count). The Bertz CT molecular complexity index is 738. The summed E-state index contributed by atoms with van der Waals surface area (Å²) in [6.07, 6.45) is 5.62. The molecule has 0 unspecified atom stereocenters. The summed E-state index contributed by atoms with van der Waals surface area (Å²) in [4.78, 5) is 20.9. The van der Waals surface area contributed by atoms with Gasteiger partial charge in [-0.05, 0) is 51.0 Å². The number of carboxylic acids is 2. The van der Waals surface area contributed by atoms with Gasteiger partial charge in [-0.15, -0.1) is 0 Å². The minimum absolute atomic E-state index is 1.31. The quantitative estimate of drug-likeness (QED) is 0.460. The number of rotatable bonds is 8. The van der Waals surface area contributed by atoms with Gasteiger partial charge in [-0.3, -0.25) is 0 Å². The molecular weight excluding hydrogens is 406 g/mol. The number of likely N-dealkylation sites (tertiary alicyclic amines) is 1. The lowest BCUT2D eigenvalue weighted by molar-refractivity contribution is -0.159. The van der Waals surface area contributed by atoms with Crippen molar-refractivity contribution in [1.29, 1.82) is 0 Å². The smallest absolute Gasteiger partial charge is 0.414 e. The molecular formula is C25H35NO4Si. The second kappa shape index (κ2) is 13.1. The van der Waals surface area contributed by atoms with Crippen LogP contribution in [0, 0.1) is 0 Å². The second-order valence-electron chi connectivity index (χ2n) is 8.75. The molecule has 1 aliphatic rings. The average molecular weight is 442 g/mol. The third kappa shape index (κ3) is 9.94. The van der Waals surface area contributed by atoms with Crippen molar-refractivity contribution >= 4 is 20.0 Å². The van der Waals surface area contributed by atoms with Crippen molar-refractivity contribution in [2.45, 2.75) is 50.4 Å². The van der Waals surface area contributed by atoms with Gasteiger partial charge in [0.25, 0.3) is 0 Å². The zero-order valence-electron chi connectivity index (χ0n) is 18.5. The third-order valence-electron chi connectivity index (χ3n) is 5.83. The van der Waals surface area contributed by atoms with Crippen molar-refractivity contribution in [2.75, 3.05) is 19.6 Å². The van der Waals surface area contributed by atoms with Crippen molar-refractivity contribution in [3.63, 3.8) is 0 Å². The zero-order valence-corrected chi connectivity index (χ0v) is 19.5. The van der Waals surface area contributed by atoms with E-state index in [9.17, 15) is 0 Å². The van der Waals surface area contributed by atoms with E-state index in [1.807, 2.05) is 0 Å². The lowest BCUT2D eigenvalue weighted by atomic mass is 10.1. The molecule has 0 atom stereocenters. The molecule has 0 amide bonds. The minimum atomic E-state index is -1.82. The molecule has 0 aromatic heterocycles. The van der Waals surface area contributed by atoms with Gasteiger partial charge in [0.15, 0.2) is 0 Å². The third-order valence-corrected chi connectivity index (χ3v) is 9.92. The molecule has 0 bridgehead atoms. The zero-order chi connectivity index (χ0) is 22.5. The fourth-order valence-electron chi connectivity index (χ4n) is 4.33. The van der Waals surface area contributed by atoms with Crippen molar-refractivity contribution < 1.29 is 19.8 Å². The molecule has 0 radical (unpaired) electrons. The summed E-state index contributed by atoms with van der Waals surface area (Å²) >= 11 is 0. The highest BCUT2D eigenvalue weighted by atomic mass is 28.3. The molecule has 6 heteroatoms. The Labute approximate surface area is 186 Å². The average Bonchev–Trinajstić information content (AvgIpc) is 2.76. The molecule has 2 aromatic carbocycles. The van der Waals surface area contributed by atoms with Gasteiger partial charge in [-0.25, -0.2) is 9.59 Å². The van der Waals surface area contributed by atoms with Crippen LogP contribution in [0.4, 0.5) is 0 Å². The summed E-state index contributed by atoms with van der Waals surface area (Å²) in [5.74, 6) is -3.65. The van der Waals surface area contributed by atoms with Crippen LogP contribution in [-0.2, 0) is 21.7 Å². The Morgan fingerprint density at radius 2 is 1.26 bits per heavy atom. The molecule has 0 saturated carbocycles. The first-order valence-electron chi connectivity index (χ1n) is 11.1. The number of carboxylic acid groups (broad SMARTS) is 2. The van der Waals surface area contributed by atoms with Crippen LogP contribution < -0.4 is 0 Å². The van der Waals surface area contributed by atoms with Crippen molar-refractivity contribution in [3.05, 3.63) is 71.8 Å². The van der Waals surface area contributed by atoms with E-state index >= 15 is 0 Å². The number of benzene rings is 2. The standard InChI is InChI=1S/C23H33NSi.C2H2O4/c1-25(20-22-12-5-2-6-13-22,21-23-14-7-3-8-15-23)19-11-18-24-16-9-4-10-17-24;3-1(4)2(5)6/h2-3,5-8,12-15H,4,9-11,16-21H2,1H3;(H,3,4)(H,5,6). The van der Waals surface area contributed by atoms with Crippen LogP contribution in [0.25, 0.3) is 0 Å². The van der Waals surface area contributed by atoms with Crippen molar-refractivity contribution in [3.8, 4) is 0 Å². The van der Waals surface area contributed by atoms with Crippen LogP contribution in [0.1, 0.15) is 36.8 Å². The minimum Gasteiger partial charge on any atom is -0.473 e. The largest absolute Gasteiger partial charge is 0.473 e. The molecule has 1 saturated heterocycles. The summed E-state index contributed by atoms with van der Waals surface area (Å²) in [6.45, 7) is 6.60. The molecule has 1 aliphatic heterocycles. The van der Waals surface area contributed by atoms with Gasteiger partial charge in [0.1, 0.15) is 0 Å². The van der Waals surface area contributed by atoms with E-state index < -0.39 is 20.0 Å². The Hall–Kier alpha value is -2.44. The number of piperidine rings is 1. The number of nitrogens with zero attached hydrogens (tertiary/aromatic N) is 1. The van der Waals surface area contributed by atoms with Gasteiger partial charge in [0, 0.05) is 0 Å². The summed E-state index contributed by atoms with van der Waals surface area (Å²) in [7, 11) is -1.34. The lowest BCUT2D eigenvalue weighted by Crippen LogP contribution is -2.38. The van der Waals surface area contributed by atoms with E-state index in [2.05, 4.69) is 72.1 Å². The van der Waals surface area contributed by atoms with Gasteiger partial charge in [-0.1, -0.05) is 90.8 Å². The number of aliphatic carboxylic acids is 2. The lowest BCUT2D eigenvalue weighted by Gasteiger charge is -2.31. The monoisotopic (exact) mass is 441 g/mol. The molecule has 168 valence electrons. The van der Waals surface area contributed by atoms with E-state index in [0.29, 0.717) is 0 Å². The Balaban J connectivity index is 0.000000501. The Morgan fingerprint density at radius 1 is 0.806 bits per heavy atom. The van der Waals surface area contributed by atoms with Gasteiger partial charge in [0.2, 0.25) is 0 Å². The fourth-order valence-corrected chi connectivity index (χ4v) is 8.26. The van der Waals surface area contributed by atoms with Crippen LogP contribution in [0.5, 0.6) is 0 Å².